The number of ether oxygens (including phenoxy) is 1. The Morgan fingerprint density at radius 2 is 2.12 bits per heavy atom. The number of carbonyl (C=O) groups excluding carboxylic acids is 1. The predicted octanol–water partition coefficient (Wildman–Crippen LogP) is 3.02. The van der Waals surface area contributed by atoms with Gasteiger partial charge in [-0.05, 0) is 38.3 Å². The van der Waals surface area contributed by atoms with E-state index in [-0.39, 0.29) is 5.97 Å². The Morgan fingerprint density at radius 1 is 1.44 bits per heavy atom. The second-order valence-corrected chi connectivity index (χ2v) is 4.38. The van der Waals surface area contributed by atoms with Crippen LogP contribution in [0.3, 0.4) is 0 Å². The molecule has 1 rings (SSSR count). The van der Waals surface area contributed by atoms with Gasteiger partial charge in [0.2, 0.25) is 0 Å². The molecule has 0 spiro atoms. The third-order valence-electron chi connectivity index (χ3n) is 2.45. The molecular formula is C13H17ClO2. The van der Waals surface area contributed by atoms with Crippen molar-refractivity contribution in [2.45, 2.75) is 32.6 Å². The lowest BCUT2D eigenvalue weighted by Crippen LogP contribution is -2.20. The summed E-state index contributed by atoms with van der Waals surface area (Å²) in [6.07, 6.45) is 0.522. The van der Waals surface area contributed by atoms with Crippen molar-refractivity contribution in [1.29, 1.82) is 0 Å². The number of alkyl halides is 1. The molecular weight excluding hydrogens is 224 g/mol. The van der Waals surface area contributed by atoms with Gasteiger partial charge >= 0.3 is 5.97 Å². The van der Waals surface area contributed by atoms with Gasteiger partial charge in [-0.15, -0.1) is 11.6 Å². The molecule has 0 aliphatic rings. The van der Waals surface area contributed by atoms with Crippen LogP contribution in [0.15, 0.2) is 18.2 Å². The van der Waals surface area contributed by atoms with Gasteiger partial charge in [-0.2, -0.15) is 0 Å². The van der Waals surface area contributed by atoms with Gasteiger partial charge in [-0.1, -0.05) is 23.8 Å². The van der Waals surface area contributed by atoms with Gasteiger partial charge in [0.05, 0.1) is 6.61 Å². The Morgan fingerprint density at radius 3 is 2.75 bits per heavy atom. The molecule has 0 aliphatic carbocycles. The first-order valence-corrected chi connectivity index (χ1v) is 5.85. The van der Waals surface area contributed by atoms with E-state index in [0.29, 0.717) is 13.0 Å². The normalized spacial score (nSPS) is 12.2. The second-order valence-electron chi connectivity index (χ2n) is 3.85. The summed E-state index contributed by atoms with van der Waals surface area (Å²) in [5, 5.41) is -0.597. The number of halogens is 1. The standard InChI is InChI=1S/C13H17ClO2/c1-4-16-13(15)12(14)8-11-7-9(2)5-6-10(11)3/h5-7,12H,4,8H2,1-3H3. The molecule has 1 unspecified atom stereocenters. The molecule has 0 bridgehead atoms. The van der Waals surface area contributed by atoms with Crippen molar-refractivity contribution in [3.05, 3.63) is 34.9 Å². The molecule has 0 fully saturated rings. The lowest BCUT2D eigenvalue weighted by molar-refractivity contribution is -0.142. The predicted molar refractivity (Wildman–Crippen MR) is 65.9 cm³/mol. The smallest absolute Gasteiger partial charge is 0.324 e. The van der Waals surface area contributed by atoms with E-state index in [1.807, 2.05) is 26.0 Å². The van der Waals surface area contributed by atoms with Gasteiger partial charge in [0.15, 0.2) is 0 Å². The summed E-state index contributed by atoms with van der Waals surface area (Å²) >= 11 is 5.99. The molecule has 16 heavy (non-hydrogen) atoms. The van der Waals surface area contributed by atoms with E-state index >= 15 is 0 Å². The summed E-state index contributed by atoms with van der Waals surface area (Å²) < 4.78 is 4.88. The molecule has 1 atom stereocenters. The largest absolute Gasteiger partial charge is 0.465 e. The lowest BCUT2D eigenvalue weighted by atomic mass is 10.0. The van der Waals surface area contributed by atoms with Crippen LogP contribution in [0.2, 0.25) is 0 Å². The van der Waals surface area contributed by atoms with Gasteiger partial charge in [-0.3, -0.25) is 4.79 Å². The Balaban J connectivity index is 2.72. The van der Waals surface area contributed by atoms with Crippen LogP contribution in [-0.2, 0) is 16.0 Å². The van der Waals surface area contributed by atoms with E-state index in [2.05, 4.69) is 6.07 Å². The van der Waals surface area contributed by atoms with Gasteiger partial charge in [0.1, 0.15) is 5.38 Å². The first-order chi connectivity index (χ1) is 7.54. The highest BCUT2D eigenvalue weighted by atomic mass is 35.5. The van der Waals surface area contributed by atoms with Crippen LogP contribution in [0.25, 0.3) is 0 Å². The average Bonchev–Trinajstić information content (AvgIpc) is 2.23. The Kier molecular flexibility index (Phi) is 4.81. The molecule has 0 aliphatic heterocycles. The zero-order chi connectivity index (χ0) is 12.1. The van der Waals surface area contributed by atoms with Crippen molar-refractivity contribution in [2.24, 2.45) is 0 Å². The van der Waals surface area contributed by atoms with E-state index in [9.17, 15) is 4.79 Å². The molecule has 0 heterocycles. The first kappa shape index (κ1) is 13.0. The van der Waals surface area contributed by atoms with Crippen LogP contribution in [0, 0.1) is 13.8 Å². The summed E-state index contributed by atoms with van der Waals surface area (Å²) in [5.74, 6) is -0.343. The number of carbonyl (C=O) groups is 1. The van der Waals surface area contributed by atoms with Crippen LogP contribution in [0.1, 0.15) is 23.6 Å². The zero-order valence-electron chi connectivity index (χ0n) is 9.92. The number of esters is 1. The Bertz CT molecular complexity index is 374. The minimum Gasteiger partial charge on any atom is -0.465 e. The van der Waals surface area contributed by atoms with E-state index in [0.717, 1.165) is 11.1 Å². The van der Waals surface area contributed by atoms with Crippen molar-refractivity contribution in [1.82, 2.24) is 0 Å². The fourth-order valence-electron chi connectivity index (χ4n) is 1.53. The minimum absolute atomic E-state index is 0.343. The van der Waals surface area contributed by atoms with Crippen molar-refractivity contribution in [2.75, 3.05) is 6.61 Å². The van der Waals surface area contributed by atoms with Gasteiger partial charge in [0, 0.05) is 0 Å². The third-order valence-corrected chi connectivity index (χ3v) is 2.78. The molecule has 0 saturated heterocycles. The summed E-state index contributed by atoms with van der Waals surface area (Å²) in [6, 6.07) is 6.15. The van der Waals surface area contributed by atoms with Crippen molar-refractivity contribution in [3.63, 3.8) is 0 Å². The summed E-state index contributed by atoms with van der Waals surface area (Å²) in [7, 11) is 0. The van der Waals surface area contributed by atoms with Crippen LogP contribution < -0.4 is 0 Å². The SMILES string of the molecule is CCOC(=O)C(Cl)Cc1cc(C)ccc1C. The fourth-order valence-corrected chi connectivity index (χ4v) is 1.76. The quantitative estimate of drug-likeness (QED) is 0.597. The topological polar surface area (TPSA) is 26.3 Å². The zero-order valence-corrected chi connectivity index (χ0v) is 10.7. The fraction of sp³-hybridized carbons (Fsp3) is 0.462. The van der Waals surface area contributed by atoms with Crippen LogP contribution in [0.4, 0.5) is 0 Å². The third kappa shape index (κ3) is 3.53. The molecule has 0 aromatic heterocycles. The van der Waals surface area contributed by atoms with Crippen LogP contribution in [0.5, 0.6) is 0 Å². The molecule has 3 heteroatoms. The highest BCUT2D eigenvalue weighted by Gasteiger charge is 2.17. The van der Waals surface area contributed by atoms with E-state index < -0.39 is 5.38 Å². The molecule has 0 radical (unpaired) electrons. The maximum absolute atomic E-state index is 11.4. The molecule has 1 aromatic carbocycles. The number of benzene rings is 1. The van der Waals surface area contributed by atoms with Crippen LogP contribution in [-0.4, -0.2) is 18.0 Å². The lowest BCUT2D eigenvalue weighted by Gasteiger charge is -2.11. The highest BCUT2D eigenvalue weighted by molar-refractivity contribution is 6.30. The number of rotatable bonds is 4. The molecule has 0 saturated carbocycles. The molecule has 2 nitrogen and oxygen atoms in total. The van der Waals surface area contributed by atoms with Crippen molar-refractivity contribution >= 4 is 17.6 Å². The van der Waals surface area contributed by atoms with E-state index in [4.69, 9.17) is 16.3 Å². The molecule has 88 valence electrons. The second kappa shape index (κ2) is 5.90. The minimum atomic E-state index is -0.597. The average molecular weight is 241 g/mol. The first-order valence-electron chi connectivity index (χ1n) is 5.41. The van der Waals surface area contributed by atoms with Crippen molar-refractivity contribution < 1.29 is 9.53 Å². The van der Waals surface area contributed by atoms with Gasteiger partial charge in [-0.25, -0.2) is 0 Å². The number of hydrogen-bond donors (Lipinski definition) is 0. The van der Waals surface area contributed by atoms with Crippen LogP contribution >= 0.6 is 11.6 Å². The Labute approximate surface area is 102 Å². The maximum Gasteiger partial charge on any atom is 0.324 e. The maximum atomic E-state index is 11.4. The number of hydrogen-bond acceptors (Lipinski definition) is 2. The molecule has 0 amide bonds. The molecule has 1 aromatic rings. The summed E-state index contributed by atoms with van der Waals surface area (Å²) in [4.78, 5) is 11.4. The van der Waals surface area contributed by atoms with Gasteiger partial charge in [0.25, 0.3) is 0 Å². The number of aryl methyl sites for hydroxylation is 2. The molecule has 0 N–H and O–H groups in total. The highest BCUT2D eigenvalue weighted by Crippen LogP contribution is 2.16. The summed E-state index contributed by atoms with van der Waals surface area (Å²) in [5.41, 5.74) is 3.43. The summed E-state index contributed by atoms with van der Waals surface area (Å²) in [6.45, 7) is 6.19. The Hall–Kier alpha value is -1.02. The van der Waals surface area contributed by atoms with Gasteiger partial charge < -0.3 is 4.74 Å². The van der Waals surface area contributed by atoms with Crippen molar-refractivity contribution in [3.8, 4) is 0 Å². The van der Waals surface area contributed by atoms with E-state index in [1.165, 1.54) is 5.56 Å². The monoisotopic (exact) mass is 240 g/mol. The van der Waals surface area contributed by atoms with E-state index in [1.54, 1.807) is 6.92 Å².